The van der Waals surface area contributed by atoms with Crippen LogP contribution in [-0.2, 0) is 0 Å². The van der Waals surface area contributed by atoms with E-state index < -0.39 is 0 Å². The number of unbranched alkanes of at least 4 members (excludes halogenated alkanes) is 6. The standard InChI is InChI=1S/C18H41N3/c1-7-8-9-10-11-12-13-14-18(19-5,20-6)15-16-21-17(2,3)4/h19-21H,7-16H2,1-6H3. The van der Waals surface area contributed by atoms with E-state index in [1.807, 2.05) is 0 Å². The fourth-order valence-electron chi connectivity index (χ4n) is 2.78. The van der Waals surface area contributed by atoms with Crippen molar-refractivity contribution in [3.8, 4) is 0 Å². The molecule has 3 heteroatoms. The molecule has 0 radical (unpaired) electrons. The molecule has 0 saturated heterocycles. The minimum atomic E-state index is 0.0850. The van der Waals surface area contributed by atoms with Gasteiger partial charge in [0.1, 0.15) is 0 Å². The second-order valence-corrected chi connectivity index (χ2v) is 7.38. The number of nitrogens with one attached hydrogen (secondary N) is 3. The predicted molar refractivity (Wildman–Crippen MR) is 95.8 cm³/mol. The zero-order chi connectivity index (χ0) is 16.2. The summed E-state index contributed by atoms with van der Waals surface area (Å²) < 4.78 is 0. The second-order valence-electron chi connectivity index (χ2n) is 7.38. The summed E-state index contributed by atoms with van der Waals surface area (Å²) >= 11 is 0. The molecule has 0 aromatic carbocycles. The highest BCUT2D eigenvalue weighted by atomic mass is 15.2. The van der Waals surface area contributed by atoms with Crippen LogP contribution < -0.4 is 16.0 Å². The van der Waals surface area contributed by atoms with Crippen LogP contribution in [0.5, 0.6) is 0 Å². The molecule has 0 aromatic rings. The van der Waals surface area contributed by atoms with E-state index in [0.29, 0.717) is 0 Å². The summed E-state index contributed by atoms with van der Waals surface area (Å²) in [5.74, 6) is 0. The van der Waals surface area contributed by atoms with Crippen LogP contribution in [0.15, 0.2) is 0 Å². The molecule has 0 bridgehead atoms. The van der Waals surface area contributed by atoms with E-state index in [2.05, 4.69) is 57.7 Å². The molecule has 3 N–H and O–H groups in total. The van der Waals surface area contributed by atoms with Gasteiger partial charge < -0.3 is 16.0 Å². The molecular formula is C18H41N3. The monoisotopic (exact) mass is 299 g/mol. The zero-order valence-electron chi connectivity index (χ0n) is 15.6. The Morgan fingerprint density at radius 1 is 0.714 bits per heavy atom. The Labute approximate surface area is 134 Å². The van der Waals surface area contributed by atoms with Crippen LogP contribution in [-0.4, -0.2) is 31.8 Å². The van der Waals surface area contributed by atoms with Crippen LogP contribution in [0, 0.1) is 0 Å². The molecule has 0 atom stereocenters. The maximum atomic E-state index is 3.59. The van der Waals surface area contributed by atoms with Crippen molar-refractivity contribution in [2.24, 2.45) is 0 Å². The largest absolute Gasteiger partial charge is 0.312 e. The predicted octanol–water partition coefficient (Wildman–Crippen LogP) is 4.04. The Bertz CT molecular complexity index is 229. The van der Waals surface area contributed by atoms with Crippen LogP contribution in [0.25, 0.3) is 0 Å². The van der Waals surface area contributed by atoms with Gasteiger partial charge in [-0.2, -0.15) is 0 Å². The highest BCUT2D eigenvalue weighted by Gasteiger charge is 2.25. The summed E-state index contributed by atoms with van der Waals surface area (Å²) in [6.07, 6.45) is 11.9. The maximum Gasteiger partial charge on any atom is 0.0694 e. The van der Waals surface area contributed by atoms with E-state index in [1.165, 1.54) is 51.4 Å². The van der Waals surface area contributed by atoms with Gasteiger partial charge in [-0.1, -0.05) is 51.9 Å². The van der Waals surface area contributed by atoms with Crippen LogP contribution in [0.2, 0.25) is 0 Å². The first kappa shape index (κ1) is 20.9. The Hall–Kier alpha value is -0.120. The van der Waals surface area contributed by atoms with Gasteiger partial charge in [-0.3, -0.25) is 0 Å². The Morgan fingerprint density at radius 2 is 1.24 bits per heavy atom. The third kappa shape index (κ3) is 11.1. The van der Waals surface area contributed by atoms with Crippen LogP contribution in [0.3, 0.4) is 0 Å². The second kappa shape index (κ2) is 11.4. The normalized spacial score (nSPS) is 12.9. The van der Waals surface area contributed by atoms with Gasteiger partial charge in [-0.05, 0) is 54.3 Å². The average Bonchev–Trinajstić information content (AvgIpc) is 2.43. The van der Waals surface area contributed by atoms with E-state index in [1.54, 1.807) is 0 Å². The number of hydrogen-bond donors (Lipinski definition) is 3. The molecule has 0 aliphatic heterocycles. The number of hydrogen-bond acceptors (Lipinski definition) is 3. The van der Waals surface area contributed by atoms with Gasteiger partial charge in [0.15, 0.2) is 0 Å². The first-order chi connectivity index (χ1) is 9.89. The molecule has 0 unspecified atom stereocenters. The molecule has 0 aromatic heterocycles. The minimum absolute atomic E-state index is 0.0850. The molecule has 0 rings (SSSR count). The average molecular weight is 300 g/mol. The molecular weight excluding hydrogens is 258 g/mol. The molecule has 3 nitrogen and oxygen atoms in total. The van der Waals surface area contributed by atoms with Crippen molar-refractivity contribution in [3.63, 3.8) is 0 Å². The highest BCUT2D eigenvalue weighted by molar-refractivity contribution is 4.84. The van der Waals surface area contributed by atoms with E-state index in [-0.39, 0.29) is 11.2 Å². The van der Waals surface area contributed by atoms with Crippen LogP contribution in [0.1, 0.15) is 85.5 Å². The third-order valence-corrected chi connectivity index (χ3v) is 4.37. The van der Waals surface area contributed by atoms with Gasteiger partial charge in [-0.25, -0.2) is 0 Å². The van der Waals surface area contributed by atoms with Crippen LogP contribution >= 0.6 is 0 Å². The van der Waals surface area contributed by atoms with Crippen molar-refractivity contribution >= 4 is 0 Å². The molecule has 0 aliphatic carbocycles. The molecule has 0 saturated carbocycles. The van der Waals surface area contributed by atoms with Crippen molar-refractivity contribution < 1.29 is 0 Å². The summed E-state index contributed by atoms with van der Waals surface area (Å²) in [5.41, 5.74) is 0.286. The third-order valence-electron chi connectivity index (χ3n) is 4.37. The van der Waals surface area contributed by atoms with Crippen molar-refractivity contribution in [2.45, 2.75) is 96.7 Å². The molecule has 128 valence electrons. The fraction of sp³-hybridized carbons (Fsp3) is 1.00. The van der Waals surface area contributed by atoms with E-state index in [0.717, 1.165) is 13.0 Å². The van der Waals surface area contributed by atoms with E-state index in [4.69, 9.17) is 0 Å². The Balaban J connectivity index is 3.93. The molecule has 0 heterocycles. The lowest BCUT2D eigenvalue weighted by Gasteiger charge is -2.35. The van der Waals surface area contributed by atoms with Crippen molar-refractivity contribution in [1.82, 2.24) is 16.0 Å². The molecule has 0 aliphatic rings. The van der Waals surface area contributed by atoms with Gasteiger partial charge in [0.25, 0.3) is 0 Å². The lowest BCUT2D eigenvalue weighted by atomic mass is 9.96. The highest BCUT2D eigenvalue weighted by Crippen LogP contribution is 2.17. The fourth-order valence-corrected chi connectivity index (χ4v) is 2.78. The van der Waals surface area contributed by atoms with Gasteiger partial charge in [-0.15, -0.1) is 0 Å². The van der Waals surface area contributed by atoms with E-state index in [9.17, 15) is 0 Å². The van der Waals surface area contributed by atoms with Crippen molar-refractivity contribution in [2.75, 3.05) is 20.6 Å². The lowest BCUT2D eigenvalue weighted by Crippen LogP contribution is -2.56. The lowest BCUT2D eigenvalue weighted by molar-refractivity contribution is 0.233. The SMILES string of the molecule is CCCCCCCCCC(CCNC(C)(C)C)(NC)NC. The van der Waals surface area contributed by atoms with Gasteiger partial charge in [0.2, 0.25) is 0 Å². The summed E-state index contributed by atoms with van der Waals surface area (Å²) in [5, 5.41) is 10.6. The zero-order valence-corrected chi connectivity index (χ0v) is 15.6. The van der Waals surface area contributed by atoms with Gasteiger partial charge in [0, 0.05) is 5.54 Å². The minimum Gasteiger partial charge on any atom is -0.312 e. The smallest absolute Gasteiger partial charge is 0.0694 e. The molecule has 21 heavy (non-hydrogen) atoms. The summed E-state index contributed by atoms with van der Waals surface area (Å²) in [4.78, 5) is 0. The van der Waals surface area contributed by atoms with Crippen LogP contribution in [0.4, 0.5) is 0 Å². The summed E-state index contributed by atoms with van der Waals surface area (Å²) in [6.45, 7) is 10.00. The first-order valence-corrected chi connectivity index (χ1v) is 9.02. The molecule has 0 amide bonds. The van der Waals surface area contributed by atoms with Gasteiger partial charge >= 0.3 is 0 Å². The molecule has 0 spiro atoms. The van der Waals surface area contributed by atoms with Crippen molar-refractivity contribution in [3.05, 3.63) is 0 Å². The summed E-state index contributed by atoms with van der Waals surface area (Å²) in [6, 6.07) is 0. The maximum absolute atomic E-state index is 3.59. The van der Waals surface area contributed by atoms with E-state index >= 15 is 0 Å². The van der Waals surface area contributed by atoms with Crippen molar-refractivity contribution in [1.29, 1.82) is 0 Å². The Morgan fingerprint density at radius 3 is 1.71 bits per heavy atom. The quantitative estimate of drug-likeness (QED) is 0.355. The summed E-state index contributed by atoms with van der Waals surface area (Å²) in [7, 11) is 4.16. The number of rotatable bonds is 13. The Kier molecular flexibility index (Phi) is 11.4. The first-order valence-electron chi connectivity index (χ1n) is 9.02. The topological polar surface area (TPSA) is 36.1 Å². The molecule has 0 fully saturated rings. The van der Waals surface area contributed by atoms with Gasteiger partial charge in [0.05, 0.1) is 5.66 Å².